The van der Waals surface area contributed by atoms with Gasteiger partial charge in [-0.05, 0) is 24.1 Å². The average Bonchev–Trinajstić information content (AvgIpc) is 3.05. The summed E-state index contributed by atoms with van der Waals surface area (Å²) >= 11 is 0. The monoisotopic (exact) mass is 283 g/mol. The van der Waals surface area contributed by atoms with Crippen LogP contribution in [0.5, 0.6) is 0 Å². The molecular weight excluding hydrogens is 262 g/mol. The van der Waals surface area contributed by atoms with Crippen molar-refractivity contribution >= 4 is 22.5 Å². The van der Waals surface area contributed by atoms with Crippen molar-refractivity contribution in [1.82, 2.24) is 10.3 Å². The van der Waals surface area contributed by atoms with Gasteiger partial charge >= 0.3 is 0 Å². The Kier molecular flexibility index (Phi) is 4.04. The molecule has 21 heavy (non-hydrogen) atoms. The van der Waals surface area contributed by atoms with Gasteiger partial charge in [0.2, 0.25) is 0 Å². The Balaban J connectivity index is 1.84. The van der Waals surface area contributed by atoms with Gasteiger partial charge in [0.15, 0.2) is 0 Å². The number of rotatable bonds is 4. The van der Waals surface area contributed by atoms with Crippen molar-refractivity contribution in [3.8, 4) is 0 Å². The lowest BCUT2D eigenvalue weighted by Crippen LogP contribution is -2.28. The number of nitrogens with zero attached hydrogens (tertiary/aromatic N) is 1. The molecule has 1 aromatic carbocycles. The topological polar surface area (TPSA) is 54.0 Å². The van der Waals surface area contributed by atoms with Gasteiger partial charge in [-0.25, -0.2) is 4.98 Å². The van der Waals surface area contributed by atoms with Crippen molar-refractivity contribution < 1.29 is 4.79 Å². The number of anilines is 1. The standard InChI is InChI=1S/C17H21N3O/c1-18-16-14-9-5-4-8-13(14)15(11-19-16)17(21)20-10-12-6-2-3-7-12/h4-5,8-9,11-12H,2-3,6-7,10H2,1H3,(H,18,19)(H,20,21). The number of aromatic nitrogens is 1. The third-order valence-electron chi connectivity index (χ3n) is 4.30. The van der Waals surface area contributed by atoms with Crippen LogP contribution in [0.1, 0.15) is 36.0 Å². The summed E-state index contributed by atoms with van der Waals surface area (Å²) in [6, 6.07) is 7.88. The lowest BCUT2D eigenvalue weighted by atomic mass is 10.1. The lowest BCUT2D eigenvalue weighted by molar-refractivity contribution is 0.0949. The van der Waals surface area contributed by atoms with E-state index in [0.29, 0.717) is 11.5 Å². The molecule has 0 radical (unpaired) electrons. The molecule has 1 amide bonds. The molecule has 1 aromatic heterocycles. The number of hydrogen-bond donors (Lipinski definition) is 2. The lowest BCUT2D eigenvalue weighted by Gasteiger charge is -2.13. The second kappa shape index (κ2) is 6.12. The van der Waals surface area contributed by atoms with Crippen LogP contribution < -0.4 is 10.6 Å². The summed E-state index contributed by atoms with van der Waals surface area (Å²) in [5, 5.41) is 8.07. The number of benzene rings is 1. The van der Waals surface area contributed by atoms with Crippen LogP contribution in [0.2, 0.25) is 0 Å². The molecule has 0 bridgehead atoms. The van der Waals surface area contributed by atoms with Crippen molar-refractivity contribution in [2.45, 2.75) is 25.7 Å². The zero-order chi connectivity index (χ0) is 14.7. The molecule has 1 aliphatic carbocycles. The van der Waals surface area contributed by atoms with E-state index in [-0.39, 0.29) is 5.91 Å². The SMILES string of the molecule is CNc1ncc(C(=O)NCC2CCCC2)c2ccccc12. The van der Waals surface area contributed by atoms with Gasteiger partial charge in [-0.3, -0.25) is 4.79 Å². The number of hydrogen-bond acceptors (Lipinski definition) is 3. The number of pyridine rings is 1. The van der Waals surface area contributed by atoms with Crippen LogP contribution in [0.4, 0.5) is 5.82 Å². The second-order valence-electron chi connectivity index (χ2n) is 5.68. The maximum absolute atomic E-state index is 12.4. The Morgan fingerprint density at radius 1 is 1.24 bits per heavy atom. The first-order valence-corrected chi connectivity index (χ1v) is 7.63. The van der Waals surface area contributed by atoms with Crippen LogP contribution in [0.15, 0.2) is 30.5 Å². The summed E-state index contributed by atoms with van der Waals surface area (Å²) in [5.74, 6) is 1.43. The van der Waals surface area contributed by atoms with Crippen molar-refractivity contribution in [3.05, 3.63) is 36.0 Å². The number of carbonyl (C=O) groups excluding carboxylic acids is 1. The largest absolute Gasteiger partial charge is 0.373 e. The predicted molar refractivity (Wildman–Crippen MR) is 85.6 cm³/mol. The van der Waals surface area contributed by atoms with Crippen LogP contribution in [0, 0.1) is 5.92 Å². The first-order valence-electron chi connectivity index (χ1n) is 7.63. The Hall–Kier alpha value is -2.10. The van der Waals surface area contributed by atoms with Crippen molar-refractivity contribution in [3.63, 3.8) is 0 Å². The molecule has 4 heteroatoms. The molecule has 110 valence electrons. The summed E-state index contributed by atoms with van der Waals surface area (Å²) in [6.45, 7) is 0.779. The third-order valence-corrected chi connectivity index (χ3v) is 4.30. The van der Waals surface area contributed by atoms with E-state index in [2.05, 4.69) is 15.6 Å². The van der Waals surface area contributed by atoms with Crippen LogP contribution >= 0.6 is 0 Å². The molecule has 2 N–H and O–H groups in total. The van der Waals surface area contributed by atoms with Crippen LogP contribution in [-0.2, 0) is 0 Å². The number of fused-ring (bicyclic) bond motifs is 1. The smallest absolute Gasteiger partial charge is 0.253 e. The maximum atomic E-state index is 12.4. The summed E-state index contributed by atoms with van der Waals surface area (Å²) in [5.41, 5.74) is 0.655. The summed E-state index contributed by atoms with van der Waals surface area (Å²) in [7, 11) is 1.84. The van der Waals surface area contributed by atoms with E-state index in [4.69, 9.17) is 0 Å². The highest BCUT2D eigenvalue weighted by Crippen LogP contribution is 2.25. The van der Waals surface area contributed by atoms with E-state index in [1.807, 2.05) is 31.3 Å². The Morgan fingerprint density at radius 2 is 1.95 bits per heavy atom. The summed E-state index contributed by atoms with van der Waals surface area (Å²) in [4.78, 5) is 16.8. The minimum absolute atomic E-state index is 0.0201. The summed E-state index contributed by atoms with van der Waals surface area (Å²) < 4.78 is 0. The predicted octanol–water partition coefficient (Wildman–Crippen LogP) is 3.20. The number of amides is 1. The second-order valence-corrected chi connectivity index (χ2v) is 5.68. The van der Waals surface area contributed by atoms with Gasteiger partial charge in [0.1, 0.15) is 5.82 Å². The highest BCUT2D eigenvalue weighted by atomic mass is 16.1. The quantitative estimate of drug-likeness (QED) is 0.906. The molecular formula is C17H21N3O. The van der Waals surface area contributed by atoms with E-state index >= 15 is 0 Å². The van der Waals surface area contributed by atoms with E-state index in [9.17, 15) is 4.79 Å². The van der Waals surface area contributed by atoms with E-state index in [1.165, 1.54) is 25.7 Å². The van der Waals surface area contributed by atoms with E-state index in [1.54, 1.807) is 6.20 Å². The van der Waals surface area contributed by atoms with Crippen LogP contribution in [-0.4, -0.2) is 24.5 Å². The Morgan fingerprint density at radius 3 is 2.67 bits per heavy atom. The maximum Gasteiger partial charge on any atom is 0.253 e. The zero-order valence-electron chi connectivity index (χ0n) is 12.4. The molecule has 3 rings (SSSR count). The number of carbonyl (C=O) groups is 1. The molecule has 2 aromatic rings. The molecule has 0 saturated heterocycles. The fraction of sp³-hybridized carbons (Fsp3) is 0.412. The molecule has 0 aliphatic heterocycles. The number of nitrogens with one attached hydrogen (secondary N) is 2. The average molecular weight is 283 g/mol. The van der Waals surface area contributed by atoms with Crippen molar-refractivity contribution in [2.24, 2.45) is 5.92 Å². The fourth-order valence-corrected chi connectivity index (χ4v) is 3.12. The van der Waals surface area contributed by atoms with Gasteiger partial charge < -0.3 is 10.6 Å². The van der Waals surface area contributed by atoms with Crippen molar-refractivity contribution in [1.29, 1.82) is 0 Å². The van der Waals surface area contributed by atoms with E-state index in [0.717, 1.165) is 23.1 Å². The molecule has 0 unspecified atom stereocenters. The van der Waals surface area contributed by atoms with Gasteiger partial charge in [0, 0.05) is 25.2 Å². The fourth-order valence-electron chi connectivity index (χ4n) is 3.12. The highest BCUT2D eigenvalue weighted by Gasteiger charge is 2.17. The first kappa shape index (κ1) is 13.9. The van der Waals surface area contributed by atoms with Crippen LogP contribution in [0.3, 0.4) is 0 Å². The van der Waals surface area contributed by atoms with Crippen molar-refractivity contribution in [2.75, 3.05) is 18.9 Å². The summed E-state index contributed by atoms with van der Waals surface area (Å²) in [6.07, 6.45) is 6.72. The minimum Gasteiger partial charge on any atom is -0.373 e. The normalized spacial score (nSPS) is 15.3. The zero-order valence-corrected chi connectivity index (χ0v) is 12.4. The van der Waals surface area contributed by atoms with Crippen LogP contribution in [0.25, 0.3) is 10.8 Å². The van der Waals surface area contributed by atoms with Gasteiger partial charge in [-0.15, -0.1) is 0 Å². The highest BCUT2D eigenvalue weighted by molar-refractivity contribution is 6.09. The molecule has 1 aliphatic rings. The van der Waals surface area contributed by atoms with Gasteiger partial charge in [-0.2, -0.15) is 0 Å². The molecule has 1 fully saturated rings. The molecule has 1 saturated carbocycles. The molecule has 0 atom stereocenters. The van der Waals surface area contributed by atoms with Gasteiger partial charge in [0.05, 0.1) is 5.56 Å². The van der Waals surface area contributed by atoms with Gasteiger partial charge in [0.25, 0.3) is 5.91 Å². The minimum atomic E-state index is -0.0201. The van der Waals surface area contributed by atoms with E-state index < -0.39 is 0 Å². The third kappa shape index (κ3) is 2.84. The molecule has 1 heterocycles. The Labute approximate surface area is 125 Å². The molecule has 0 spiro atoms. The Bertz CT molecular complexity index is 648. The first-order chi connectivity index (χ1) is 10.3. The molecule has 4 nitrogen and oxygen atoms in total. The van der Waals surface area contributed by atoms with Gasteiger partial charge in [-0.1, -0.05) is 37.1 Å².